The molecule has 2 amide bonds. The lowest BCUT2D eigenvalue weighted by atomic mass is 9.96. The van der Waals surface area contributed by atoms with Gasteiger partial charge in [-0.15, -0.1) is 0 Å². The molecule has 2 aromatic carbocycles. The molecule has 0 saturated carbocycles. The third kappa shape index (κ3) is 4.25. The second-order valence-electron chi connectivity index (χ2n) is 7.24. The average molecular weight is 368 g/mol. The Bertz CT molecular complexity index is 782. The highest BCUT2D eigenvalue weighted by Gasteiger charge is 2.34. The third-order valence-corrected chi connectivity index (χ3v) is 4.95. The normalized spacial score (nSPS) is 14.7. The Morgan fingerprint density at radius 3 is 2.07 bits per heavy atom. The Kier molecular flexibility index (Phi) is 6.01. The molecule has 0 bridgehead atoms. The van der Waals surface area contributed by atoms with E-state index in [4.69, 9.17) is 0 Å². The first kappa shape index (κ1) is 19.2. The molecule has 1 aliphatic rings. The molecule has 3 rings (SSSR count). The quantitative estimate of drug-likeness (QED) is 0.561. The molecule has 0 aromatic heterocycles. The van der Waals surface area contributed by atoms with Gasteiger partial charge < -0.3 is 5.32 Å². The molecule has 1 heterocycles. The van der Waals surface area contributed by atoms with Gasteiger partial charge in [-0.1, -0.05) is 38.1 Å². The van der Waals surface area contributed by atoms with E-state index in [1.165, 1.54) is 17.0 Å². The van der Waals surface area contributed by atoms with E-state index in [9.17, 15) is 14.0 Å². The minimum atomic E-state index is -0.234. The zero-order valence-corrected chi connectivity index (χ0v) is 15.7. The van der Waals surface area contributed by atoms with Crippen molar-refractivity contribution in [3.05, 3.63) is 71.0 Å². The number of fused-ring (bicyclic) bond motifs is 1. The molecule has 5 heteroatoms. The van der Waals surface area contributed by atoms with Gasteiger partial charge in [-0.2, -0.15) is 0 Å². The first-order valence-electron chi connectivity index (χ1n) is 9.43. The van der Waals surface area contributed by atoms with E-state index in [-0.39, 0.29) is 23.7 Å². The maximum absolute atomic E-state index is 13.1. The highest BCUT2D eigenvalue weighted by Crippen LogP contribution is 2.23. The predicted octanol–water partition coefficient (Wildman–Crippen LogP) is 4.19. The monoisotopic (exact) mass is 368 g/mol. The molecule has 0 spiro atoms. The van der Waals surface area contributed by atoms with Gasteiger partial charge in [0.1, 0.15) is 5.82 Å². The molecule has 0 saturated heterocycles. The van der Waals surface area contributed by atoms with Crippen molar-refractivity contribution in [2.75, 3.05) is 13.1 Å². The molecular formula is C22H25FN2O2. The number of carbonyl (C=O) groups excluding carboxylic acids is 2. The number of hydrogen-bond acceptors (Lipinski definition) is 3. The van der Waals surface area contributed by atoms with E-state index < -0.39 is 0 Å². The number of rotatable bonds is 8. The van der Waals surface area contributed by atoms with E-state index in [0.717, 1.165) is 24.9 Å². The lowest BCUT2D eigenvalue weighted by Crippen LogP contribution is -2.31. The second-order valence-corrected chi connectivity index (χ2v) is 7.24. The second kappa shape index (κ2) is 8.44. The average Bonchev–Trinajstić information content (AvgIpc) is 2.90. The molecule has 0 radical (unpaired) electrons. The zero-order valence-electron chi connectivity index (χ0n) is 15.7. The van der Waals surface area contributed by atoms with Crippen LogP contribution in [0, 0.1) is 11.7 Å². The summed E-state index contributed by atoms with van der Waals surface area (Å²) < 4.78 is 13.1. The number of amides is 2. The van der Waals surface area contributed by atoms with Gasteiger partial charge in [0.25, 0.3) is 11.8 Å². The smallest absolute Gasteiger partial charge is 0.261 e. The Balaban J connectivity index is 1.48. The molecule has 1 aliphatic heterocycles. The molecule has 0 aliphatic carbocycles. The fourth-order valence-corrected chi connectivity index (χ4v) is 3.50. The minimum Gasteiger partial charge on any atom is -0.310 e. The Hall–Kier alpha value is -2.53. The fraction of sp³-hybridized carbons (Fsp3) is 0.364. The van der Waals surface area contributed by atoms with Crippen molar-refractivity contribution >= 4 is 11.8 Å². The Labute approximate surface area is 159 Å². The molecule has 1 unspecified atom stereocenters. The van der Waals surface area contributed by atoms with Crippen molar-refractivity contribution in [3.63, 3.8) is 0 Å². The summed E-state index contributed by atoms with van der Waals surface area (Å²) in [6.45, 7) is 5.44. The summed E-state index contributed by atoms with van der Waals surface area (Å²) in [6.07, 6.45) is 1.59. The van der Waals surface area contributed by atoms with Crippen LogP contribution in [-0.2, 0) is 0 Å². The molecule has 1 atom stereocenters. The van der Waals surface area contributed by atoms with Crippen LogP contribution >= 0.6 is 0 Å². The van der Waals surface area contributed by atoms with Crippen LogP contribution in [0.5, 0.6) is 0 Å². The third-order valence-electron chi connectivity index (χ3n) is 4.95. The number of nitrogens with zero attached hydrogens (tertiary/aromatic N) is 1. The van der Waals surface area contributed by atoms with Gasteiger partial charge in [-0.05, 0) is 55.1 Å². The molecule has 0 fully saturated rings. The van der Waals surface area contributed by atoms with Crippen molar-refractivity contribution in [2.24, 2.45) is 5.92 Å². The van der Waals surface area contributed by atoms with Gasteiger partial charge in [0.15, 0.2) is 0 Å². The minimum absolute atomic E-state index is 0.143. The molecule has 142 valence electrons. The number of unbranched alkanes of at least 4 members (excludes halogenated alkanes) is 1. The van der Waals surface area contributed by atoms with E-state index in [2.05, 4.69) is 19.2 Å². The topological polar surface area (TPSA) is 49.4 Å². The number of imide groups is 1. The van der Waals surface area contributed by atoms with E-state index in [0.29, 0.717) is 23.6 Å². The van der Waals surface area contributed by atoms with E-state index in [1.807, 2.05) is 12.1 Å². The molecule has 2 aromatic rings. The van der Waals surface area contributed by atoms with Crippen molar-refractivity contribution in [1.29, 1.82) is 0 Å². The number of halogens is 1. The van der Waals surface area contributed by atoms with Crippen LogP contribution in [-0.4, -0.2) is 29.8 Å². The Morgan fingerprint density at radius 1 is 0.926 bits per heavy atom. The largest absolute Gasteiger partial charge is 0.310 e. The molecule has 1 N–H and O–H groups in total. The molecule has 4 nitrogen and oxygen atoms in total. The maximum Gasteiger partial charge on any atom is 0.261 e. The van der Waals surface area contributed by atoms with Gasteiger partial charge in [0, 0.05) is 12.6 Å². The highest BCUT2D eigenvalue weighted by molar-refractivity contribution is 6.21. The van der Waals surface area contributed by atoms with Crippen LogP contribution < -0.4 is 5.32 Å². The highest BCUT2D eigenvalue weighted by atomic mass is 19.1. The first-order chi connectivity index (χ1) is 13.0. The molecular weight excluding hydrogens is 343 g/mol. The fourth-order valence-electron chi connectivity index (χ4n) is 3.50. The Morgan fingerprint density at radius 2 is 1.52 bits per heavy atom. The van der Waals surface area contributed by atoms with E-state index >= 15 is 0 Å². The summed E-state index contributed by atoms with van der Waals surface area (Å²) in [6, 6.07) is 13.7. The van der Waals surface area contributed by atoms with Crippen LogP contribution in [0.2, 0.25) is 0 Å². The van der Waals surface area contributed by atoms with Gasteiger partial charge in [-0.3, -0.25) is 14.5 Å². The van der Waals surface area contributed by atoms with Crippen LogP contribution in [0.25, 0.3) is 0 Å². The van der Waals surface area contributed by atoms with Crippen molar-refractivity contribution in [1.82, 2.24) is 10.2 Å². The summed E-state index contributed by atoms with van der Waals surface area (Å²) in [5, 5.41) is 3.51. The SMILES string of the molecule is CC(C)C(NCCCCN1C(=O)c2ccccc2C1=O)c1ccc(F)cc1. The summed E-state index contributed by atoms with van der Waals surface area (Å²) in [5.74, 6) is -0.265. The number of benzene rings is 2. The number of nitrogens with one attached hydrogen (secondary N) is 1. The van der Waals surface area contributed by atoms with Crippen molar-refractivity contribution in [3.8, 4) is 0 Å². The van der Waals surface area contributed by atoms with Crippen LogP contribution in [0.4, 0.5) is 4.39 Å². The summed E-state index contributed by atoms with van der Waals surface area (Å²) in [5.41, 5.74) is 2.06. The van der Waals surface area contributed by atoms with E-state index in [1.54, 1.807) is 24.3 Å². The summed E-state index contributed by atoms with van der Waals surface area (Å²) in [7, 11) is 0. The van der Waals surface area contributed by atoms with Gasteiger partial charge in [-0.25, -0.2) is 4.39 Å². The first-order valence-corrected chi connectivity index (χ1v) is 9.43. The lowest BCUT2D eigenvalue weighted by molar-refractivity contribution is 0.0651. The van der Waals surface area contributed by atoms with Gasteiger partial charge >= 0.3 is 0 Å². The van der Waals surface area contributed by atoms with Crippen LogP contribution in [0.1, 0.15) is 59.0 Å². The lowest BCUT2D eigenvalue weighted by Gasteiger charge is -2.23. The standard InChI is InChI=1S/C22H25FN2O2/c1-15(2)20(16-9-11-17(23)12-10-16)24-13-5-6-14-25-21(26)18-7-3-4-8-19(18)22(25)27/h3-4,7-12,15,20,24H,5-6,13-14H2,1-2H3. The van der Waals surface area contributed by atoms with Crippen LogP contribution in [0.15, 0.2) is 48.5 Å². The zero-order chi connectivity index (χ0) is 19.4. The van der Waals surface area contributed by atoms with Crippen molar-refractivity contribution in [2.45, 2.75) is 32.7 Å². The molecule has 27 heavy (non-hydrogen) atoms. The summed E-state index contributed by atoms with van der Waals surface area (Å²) in [4.78, 5) is 26.0. The van der Waals surface area contributed by atoms with Gasteiger partial charge in [0.2, 0.25) is 0 Å². The predicted molar refractivity (Wildman–Crippen MR) is 103 cm³/mol. The van der Waals surface area contributed by atoms with Crippen molar-refractivity contribution < 1.29 is 14.0 Å². The van der Waals surface area contributed by atoms with Gasteiger partial charge in [0.05, 0.1) is 11.1 Å². The summed E-state index contributed by atoms with van der Waals surface area (Å²) >= 11 is 0. The van der Waals surface area contributed by atoms with Crippen LogP contribution in [0.3, 0.4) is 0 Å². The number of carbonyl (C=O) groups is 2. The number of hydrogen-bond donors (Lipinski definition) is 1. The maximum atomic E-state index is 13.1.